The van der Waals surface area contributed by atoms with Crippen LogP contribution in [0.2, 0.25) is 5.02 Å². The van der Waals surface area contributed by atoms with Gasteiger partial charge in [-0.1, -0.05) is 23.7 Å². The topological polar surface area (TPSA) is 89.2 Å². The van der Waals surface area contributed by atoms with E-state index in [1.807, 2.05) is 6.07 Å². The average Bonchev–Trinajstić information content (AvgIpc) is 3.25. The molecule has 1 aromatic carbocycles. The van der Waals surface area contributed by atoms with E-state index in [4.69, 9.17) is 16.0 Å². The summed E-state index contributed by atoms with van der Waals surface area (Å²) in [6.45, 7) is 0.421. The standard InChI is InChI=1S/C18H17ClN4O3/c1-23-16(21-17(24)13-6-2-3-7-14(13)19)11-15(22-23)18(25)20-9-8-12-5-4-10-26-12/h2-7,10-11H,8-9H2,1H3,(H,20,25)(H,21,24). The zero-order valence-electron chi connectivity index (χ0n) is 14.0. The second kappa shape index (κ2) is 7.88. The maximum atomic E-state index is 12.3. The fourth-order valence-corrected chi connectivity index (χ4v) is 2.59. The molecule has 0 spiro atoms. The first-order valence-electron chi connectivity index (χ1n) is 7.95. The van der Waals surface area contributed by atoms with Crippen molar-refractivity contribution in [3.8, 4) is 0 Å². The Hall–Kier alpha value is -3.06. The quantitative estimate of drug-likeness (QED) is 0.696. The molecule has 0 radical (unpaired) electrons. The molecule has 3 aromatic rings. The van der Waals surface area contributed by atoms with Crippen LogP contribution in [-0.2, 0) is 13.5 Å². The Morgan fingerprint density at radius 3 is 2.73 bits per heavy atom. The highest BCUT2D eigenvalue weighted by Crippen LogP contribution is 2.17. The predicted octanol–water partition coefficient (Wildman–Crippen LogP) is 2.89. The van der Waals surface area contributed by atoms with Gasteiger partial charge in [-0.25, -0.2) is 0 Å². The first-order chi connectivity index (χ1) is 12.5. The van der Waals surface area contributed by atoms with E-state index in [9.17, 15) is 9.59 Å². The number of carbonyl (C=O) groups is 2. The highest BCUT2D eigenvalue weighted by atomic mass is 35.5. The summed E-state index contributed by atoms with van der Waals surface area (Å²) in [5.41, 5.74) is 0.557. The van der Waals surface area contributed by atoms with Gasteiger partial charge < -0.3 is 15.1 Å². The molecule has 0 bridgehead atoms. The van der Waals surface area contributed by atoms with Gasteiger partial charge in [0.2, 0.25) is 0 Å². The van der Waals surface area contributed by atoms with Crippen LogP contribution in [0.5, 0.6) is 0 Å². The molecule has 2 amide bonds. The number of nitrogens with zero attached hydrogens (tertiary/aromatic N) is 2. The monoisotopic (exact) mass is 372 g/mol. The van der Waals surface area contributed by atoms with Crippen LogP contribution in [0, 0.1) is 0 Å². The number of aromatic nitrogens is 2. The molecule has 7 nitrogen and oxygen atoms in total. The third kappa shape index (κ3) is 4.12. The molecule has 0 aliphatic carbocycles. The number of hydrogen-bond acceptors (Lipinski definition) is 4. The Morgan fingerprint density at radius 1 is 1.19 bits per heavy atom. The average molecular weight is 373 g/mol. The molecule has 0 saturated heterocycles. The van der Waals surface area contributed by atoms with E-state index >= 15 is 0 Å². The van der Waals surface area contributed by atoms with Gasteiger partial charge in [-0.15, -0.1) is 0 Å². The van der Waals surface area contributed by atoms with Crippen LogP contribution in [0.1, 0.15) is 26.6 Å². The Labute approximate surface area is 154 Å². The summed E-state index contributed by atoms with van der Waals surface area (Å²) in [5, 5.41) is 9.95. The van der Waals surface area contributed by atoms with Crippen LogP contribution < -0.4 is 10.6 Å². The summed E-state index contributed by atoms with van der Waals surface area (Å²) in [6, 6.07) is 11.9. The molecule has 0 unspecified atom stereocenters. The van der Waals surface area contributed by atoms with Crippen molar-refractivity contribution in [3.05, 3.63) is 70.8 Å². The third-order valence-electron chi connectivity index (χ3n) is 3.71. The van der Waals surface area contributed by atoms with E-state index in [1.54, 1.807) is 43.6 Å². The maximum absolute atomic E-state index is 12.3. The Balaban J connectivity index is 1.62. The first-order valence-corrected chi connectivity index (χ1v) is 8.33. The van der Waals surface area contributed by atoms with Crippen LogP contribution in [0.4, 0.5) is 5.82 Å². The molecule has 2 heterocycles. The first kappa shape index (κ1) is 17.8. The van der Waals surface area contributed by atoms with Gasteiger partial charge in [0.05, 0.1) is 16.8 Å². The summed E-state index contributed by atoms with van der Waals surface area (Å²) in [7, 11) is 1.64. The zero-order chi connectivity index (χ0) is 18.5. The number of rotatable bonds is 6. The van der Waals surface area contributed by atoms with Crippen molar-refractivity contribution >= 4 is 29.2 Å². The van der Waals surface area contributed by atoms with Crippen molar-refractivity contribution in [1.82, 2.24) is 15.1 Å². The van der Waals surface area contributed by atoms with Crippen LogP contribution in [0.3, 0.4) is 0 Å². The second-order valence-corrected chi connectivity index (χ2v) is 5.96. The van der Waals surface area contributed by atoms with Crippen molar-refractivity contribution in [3.63, 3.8) is 0 Å². The molecular weight excluding hydrogens is 356 g/mol. The molecule has 3 rings (SSSR count). The van der Waals surface area contributed by atoms with E-state index in [1.165, 1.54) is 10.7 Å². The number of furan rings is 1. The van der Waals surface area contributed by atoms with Crippen molar-refractivity contribution < 1.29 is 14.0 Å². The van der Waals surface area contributed by atoms with Crippen molar-refractivity contribution in [2.75, 3.05) is 11.9 Å². The Morgan fingerprint density at radius 2 is 2.00 bits per heavy atom. The number of carbonyl (C=O) groups excluding carboxylic acids is 2. The SMILES string of the molecule is Cn1nc(C(=O)NCCc2ccco2)cc1NC(=O)c1ccccc1Cl. The molecule has 2 N–H and O–H groups in total. The smallest absolute Gasteiger partial charge is 0.271 e. The molecule has 0 aliphatic heterocycles. The molecule has 26 heavy (non-hydrogen) atoms. The lowest BCUT2D eigenvalue weighted by Gasteiger charge is -2.06. The van der Waals surface area contributed by atoms with E-state index in [0.29, 0.717) is 29.4 Å². The molecule has 0 fully saturated rings. The lowest BCUT2D eigenvalue weighted by atomic mass is 10.2. The molecule has 134 valence electrons. The maximum Gasteiger partial charge on any atom is 0.271 e. The van der Waals surface area contributed by atoms with Gasteiger partial charge in [0, 0.05) is 26.1 Å². The van der Waals surface area contributed by atoms with Crippen LogP contribution in [0.25, 0.3) is 0 Å². The number of benzene rings is 1. The van der Waals surface area contributed by atoms with Gasteiger partial charge >= 0.3 is 0 Å². The van der Waals surface area contributed by atoms with E-state index in [0.717, 1.165) is 5.76 Å². The molecule has 0 saturated carbocycles. The number of anilines is 1. The second-order valence-electron chi connectivity index (χ2n) is 5.56. The number of halogens is 1. The summed E-state index contributed by atoms with van der Waals surface area (Å²) in [5.74, 6) is 0.485. The summed E-state index contributed by atoms with van der Waals surface area (Å²) < 4.78 is 6.64. The minimum atomic E-state index is -0.372. The Kier molecular flexibility index (Phi) is 5.38. The third-order valence-corrected chi connectivity index (χ3v) is 4.04. The van der Waals surface area contributed by atoms with Gasteiger partial charge in [0.1, 0.15) is 11.6 Å². The van der Waals surface area contributed by atoms with Gasteiger partial charge in [-0.2, -0.15) is 5.10 Å². The minimum absolute atomic E-state index is 0.210. The van der Waals surface area contributed by atoms with Crippen molar-refractivity contribution in [2.45, 2.75) is 6.42 Å². The van der Waals surface area contributed by atoms with E-state index < -0.39 is 0 Å². The summed E-state index contributed by atoms with van der Waals surface area (Å²) in [6.07, 6.45) is 2.17. The van der Waals surface area contributed by atoms with Crippen LogP contribution in [-0.4, -0.2) is 28.1 Å². The van der Waals surface area contributed by atoms with Gasteiger partial charge in [0.15, 0.2) is 5.69 Å². The lowest BCUT2D eigenvalue weighted by Crippen LogP contribution is -2.26. The van der Waals surface area contributed by atoms with E-state index in [-0.39, 0.29) is 17.5 Å². The van der Waals surface area contributed by atoms with Gasteiger partial charge in [-0.05, 0) is 24.3 Å². The largest absolute Gasteiger partial charge is 0.469 e. The summed E-state index contributed by atoms with van der Waals surface area (Å²) in [4.78, 5) is 24.5. The molecule has 0 aliphatic rings. The Bertz CT molecular complexity index is 918. The fraction of sp³-hybridized carbons (Fsp3) is 0.167. The van der Waals surface area contributed by atoms with Gasteiger partial charge in [-0.3, -0.25) is 14.3 Å². The fourth-order valence-electron chi connectivity index (χ4n) is 2.37. The normalized spacial score (nSPS) is 10.5. The predicted molar refractivity (Wildman–Crippen MR) is 97.4 cm³/mol. The number of aryl methyl sites for hydroxylation is 1. The van der Waals surface area contributed by atoms with Crippen LogP contribution >= 0.6 is 11.6 Å². The van der Waals surface area contributed by atoms with Gasteiger partial charge in [0.25, 0.3) is 11.8 Å². The van der Waals surface area contributed by atoms with Crippen LogP contribution in [0.15, 0.2) is 53.1 Å². The zero-order valence-corrected chi connectivity index (χ0v) is 14.8. The molecule has 0 atom stereocenters. The highest BCUT2D eigenvalue weighted by Gasteiger charge is 2.16. The number of hydrogen-bond donors (Lipinski definition) is 2. The molecular formula is C18H17ClN4O3. The minimum Gasteiger partial charge on any atom is -0.469 e. The number of amides is 2. The van der Waals surface area contributed by atoms with E-state index in [2.05, 4.69) is 15.7 Å². The number of nitrogens with one attached hydrogen (secondary N) is 2. The highest BCUT2D eigenvalue weighted by molar-refractivity contribution is 6.34. The van der Waals surface area contributed by atoms with Crippen molar-refractivity contribution in [1.29, 1.82) is 0 Å². The molecule has 2 aromatic heterocycles. The summed E-state index contributed by atoms with van der Waals surface area (Å²) >= 11 is 6.03. The lowest BCUT2D eigenvalue weighted by molar-refractivity contribution is 0.0947. The van der Waals surface area contributed by atoms with Crippen molar-refractivity contribution in [2.24, 2.45) is 7.05 Å². The molecule has 8 heteroatoms.